The van der Waals surface area contributed by atoms with Gasteiger partial charge in [-0.25, -0.2) is 8.42 Å². The summed E-state index contributed by atoms with van der Waals surface area (Å²) in [6.07, 6.45) is -3.96. The fraction of sp³-hybridized carbons (Fsp3) is 0.500. The number of sulfone groups is 1. The first kappa shape index (κ1) is 17.7. The van der Waals surface area contributed by atoms with Gasteiger partial charge < -0.3 is 5.11 Å². The summed E-state index contributed by atoms with van der Waals surface area (Å²) in [7, 11) is -3.96. The van der Waals surface area contributed by atoms with Crippen LogP contribution in [0.1, 0.15) is 11.6 Å². The molecule has 1 heterocycles. The first-order valence-corrected chi connectivity index (χ1v) is 8.74. The van der Waals surface area contributed by atoms with E-state index in [1.54, 1.807) is 18.2 Å². The summed E-state index contributed by atoms with van der Waals surface area (Å²) >= 11 is 0. The Morgan fingerprint density at radius 3 is 2.22 bits per heavy atom. The SMILES string of the molecule is CS(=O)(=O)[C@@H]1CN(C(C(=O)O)c2ccccc2)C[C@H]1C(F)(F)F. The van der Waals surface area contributed by atoms with Crippen molar-refractivity contribution in [2.24, 2.45) is 5.92 Å². The van der Waals surface area contributed by atoms with Gasteiger partial charge in [-0.1, -0.05) is 30.3 Å². The first-order chi connectivity index (χ1) is 10.5. The van der Waals surface area contributed by atoms with Crippen molar-refractivity contribution >= 4 is 15.8 Å². The quantitative estimate of drug-likeness (QED) is 0.894. The van der Waals surface area contributed by atoms with Crippen LogP contribution >= 0.6 is 0 Å². The summed E-state index contributed by atoms with van der Waals surface area (Å²) in [6, 6.07) is 6.50. The predicted molar refractivity (Wildman–Crippen MR) is 76.6 cm³/mol. The zero-order chi connectivity index (χ0) is 17.4. The van der Waals surface area contributed by atoms with E-state index in [9.17, 15) is 31.5 Å². The number of carbonyl (C=O) groups is 1. The van der Waals surface area contributed by atoms with Crippen molar-refractivity contribution in [3.8, 4) is 0 Å². The van der Waals surface area contributed by atoms with Gasteiger partial charge in [0.25, 0.3) is 0 Å². The molecule has 1 aromatic carbocycles. The molecule has 1 fully saturated rings. The number of likely N-dealkylation sites (tertiary alicyclic amines) is 1. The van der Waals surface area contributed by atoms with E-state index in [0.29, 0.717) is 5.56 Å². The highest BCUT2D eigenvalue weighted by Crippen LogP contribution is 2.39. The zero-order valence-electron chi connectivity index (χ0n) is 12.2. The van der Waals surface area contributed by atoms with Crippen LogP contribution in [0, 0.1) is 5.92 Å². The largest absolute Gasteiger partial charge is 0.480 e. The smallest absolute Gasteiger partial charge is 0.394 e. The van der Waals surface area contributed by atoms with E-state index < -0.39 is 52.3 Å². The second-order valence-electron chi connectivity index (χ2n) is 5.62. The number of aliphatic carboxylic acids is 1. The fourth-order valence-electron chi connectivity index (χ4n) is 2.91. The number of benzene rings is 1. The third-order valence-electron chi connectivity index (χ3n) is 3.98. The summed E-state index contributed by atoms with van der Waals surface area (Å²) < 4.78 is 62.8. The number of hydrogen-bond donors (Lipinski definition) is 1. The monoisotopic (exact) mass is 351 g/mol. The van der Waals surface area contributed by atoms with Crippen molar-refractivity contribution in [1.29, 1.82) is 0 Å². The molecule has 23 heavy (non-hydrogen) atoms. The predicted octanol–water partition coefficient (Wildman–Crippen LogP) is 1.72. The lowest BCUT2D eigenvalue weighted by molar-refractivity contribution is -0.171. The second-order valence-corrected chi connectivity index (χ2v) is 7.89. The average Bonchev–Trinajstić information content (AvgIpc) is 2.84. The van der Waals surface area contributed by atoms with Crippen LogP contribution in [0.15, 0.2) is 30.3 Å². The molecule has 0 spiro atoms. The average molecular weight is 351 g/mol. The maximum absolute atomic E-state index is 13.1. The molecule has 128 valence electrons. The van der Waals surface area contributed by atoms with Crippen molar-refractivity contribution < 1.29 is 31.5 Å². The lowest BCUT2D eigenvalue weighted by Gasteiger charge is -2.24. The van der Waals surface area contributed by atoms with Crippen molar-refractivity contribution in [3.63, 3.8) is 0 Å². The Hall–Kier alpha value is -1.61. The second kappa shape index (κ2) is 6.12. The summed E-state index contributed by atoms with van der Waals surface area (Å²) in [4.78, 5) is 12.6. The molecule has 3 atom stereocenters. The molecular formula is C14H16F3NO4S. The molecule has 1 aliphatic heterocycles. The van der Waals surface area contributed by atoms with Crippen LogP contribution in [0.4, 0.5) is 13.2 Å². The van der Waals surface area contributed by atoms with Crippen LogP contribution < -0.4 is 0 Å². The van der Waals surface area contributed by atoms with Crippen molar-refractivity contribution in [2.45, 2.75) is 17.5 Å². The van der Waals surface area contributed by atoms with Crippen molar-refractivity contribution in [2.75, 3.05) is 19.3 Å². The molecule has 0 radical (unpaired) electrons. The number of carboxylic acid groups (broad SMARTS) is 1. The number of hydrogen-bond acceptors (Lipinski definition) is 4. The Bertz CT molecular complexity index is 675. The zero-order valence-corrected chi connectivity index (χ0v) is 13.0. The van der Waals surface area contributed by atoms with E-state index in [2.05, 4.69) is 0 Å². The van der Waals surface area contributed by atoms with Crippen LogP contribution in [0.2, 0.25) is 0 Å². The summed E-state index contributed by atoms with van der Waals surface area (Å²) in [5, 5.41) is 7.73. The molecule has 5 nitrogen and oxygen atoms in total. The molecule has 1 aromatic rings. The molecule has 2 rings (SSSR count). The summed E-state index contributed by atoms with van der Waals surface area (Å²) in [6.45, 7) is -1.12. The number of alkyl halides is 3. The van der Waals surface area contributed by atoms with Crippen molar-refractivity contribution in [3.05, 3.63) is 35.9 Å². The Morgan fingerprint density at radius 2 is 1.83 bits per heavy atom. The van der Waals surface area contributed by atoms with Gasteiger partial charge in [-0.3, -0.25) is 9.69 Å². The third-order valence-corrected chi connectivity index (χ3v) is 5.56. The van der Waals surface area contributed by atoms with Crippen LogP contribution in [0.3, 0.4) is 0 Å². The molecule has 1 saturated heterocycles. The summed E-state index contributed by atoms with van der Waals surface area (Å²) in [5.74, 6) is -3.41. The van der Waals surface area contributed by atoms with E-state index in [0.717, 1.165) is 11.2 Å². The highest BCUT2D eigenvalue weighted by molar-refractivity contribution is 7.91. The lowest BCUT2D eigenvalue weighted by atomic mass is 10.1. The van der Waals surface area contributed by atoms with E-state index >= 15 is 0 Å². The van der Waals surface area contributed by atoms with Gasteiger partial charge in [-0.15, -0.1) is 0 Å². The molecular weight excluding hydrogens is 335 g/mol. The Labute approximate surface area is 131 Å². The standard InChI is InChI=1S/C14H16F3NO4S/c1-23(21,22)11-8-18(7-10(11)14(15,16)17)12(13(19)20)9-5-3-2-4-6-9/h2-6,10-12H,7-8H2,1H3,(H,19,20)/t10-,11-,12?/m1/s1. The number of rotatable bonds is 4. The maximum Gasteiger partial charge on any atom is 0.394 e. The maximum atomic E-state index is 13.1. The van der Waals surface area contributed by atoms with Gasteiger partial charge in [0, 0.05) is 19.3 Å². The van der Waals surface area contributed by atoms with Gasteiger partial charge in [-0.05, 0) is 5.56 Å². The van der Waals surface area contributed by atoms with E-state index in [4.69, 9.17) is 0 Å². The van der Waals surface area contributed by atoms with Gasteiger partial charge in [0.2, 0.25) is 0 Å². The number of carboxylic acids is 1. The van der Waals surface area contributed by atoms with E-state index in [1.807, 2.05) is 0 Å². The van der Waals surface area contributed by atoms with Crippen LogP contribution in [-0.2, 0) is 14.6 Å². The Kier molecular flexibility index (Phi) is 4.72. The van der Waals surface area contributed by atoms with Crippen LogP contribution in [0.25, 0.3) is 0 Å². The first-order valence-electron chi connectivity index (χ1n) is 6.79. The van der Waals surface area contributed by atoms with Crippen LogP contribution in [-0.4, -0.2) is 55.2 Å². The van der Waals surface area contributed by atoms with Gasteiger partial charge in [0.1, 0.15) is 6.04 Å². The van der Waals surface area contributed by atoms with Gasteiger partial charge in [0.15, 0.2) is 9.84 Å². The molecule has 9 heteroatoms. The lowest BCUT2D eigenvalue weighted by Crippen LogP contribution is -2.37. The topological polar surface area (TPSA) is 74.7 Å². The summed E-state index contributed by atoms with van der Waals surface area (Å²) in [5.41, 5.74) is 0.315. The van der Waals surface area contributed by atoms with Gasteiger partial charge >= 0.3 is 12.1 Å². The number of nitrogens with zero attached hydrogens (tertiary/aromatic N) is 1. The van der Waals surface area contributed by atoms with E-state index in [-0.39, 0.29) is 0 Å². The minimum absolute atomic E-state index is 0.315. The normalized spacial score (nSPS) is 24.5. The van der Waals surface area contributed by atoms with Crippen LogP contribution in [0.5, 0.6) is 0 Å². The minimum atomic E-state index is -4.71. The third kappa shape index (κ3) is 3.84. The number of halogens is 3. The molecule has 0 amide bonds. The molecule has 0 saturated carbocycles. The van der Waals surface area contributed by atoms with Crippen molar-refractivity contribution in [1.82, 2.24) is 4.90 Å². The molecule has 1 aliphatic rings. The molecule has 0 aliphatic carbocycles. The van der Waals surface area contributed by atoms with Gasteiger partial charge in [0.05, 0.1) is 11.2 Å². The molecule has 1 N–H and O–H groups in total. The Balaban J connectivity index is 2.38. The highest BCUT2D eigenvalue weighted by atomic mass is 32.2. The Morgan fingerprint density at radius 1 is 1.26 bits per heavy atom. The minimum Gasteiger partial charge on any atom is -0.480 e. The highest BCUT2D eigenvalue weighted by Gasteiger charge is 2.55. The molecule has 1 unspecified atom stereocenters. The van der Waals surface area contributed by atoms with Gasteiger partial charge in [-0.2, -0.15) is 13.2 Å². The molecule has 0 bridgehead atoms. The van der Waals surface area contributed by atoms with E-state index in [1.165, 1.54) is 12.1 Å². The molecule has 0 aromatic heterocycles. The fourth-order valence-corrected chi connectivity index (χ4v) is 4.21.